The van der Waals surface area contributed by atoms with Crippen molar-refractivity contribution in [3.63, 3.8) is 0 Å². The number of H-pyrrole nitrogens is 1. The number of aromatic nitrogens is 3. The van der Waals surface area contributed by atoms with Gasteiger partial charge in [0.2, 0.25) is 0 Å². The first kappa shape index (κ1) is 12.0. The monoisotopic (exact) mass is 273 g/mol. The molecule has 3 aromatic rings. The van der Waals surface area contributed by atoms with Gasteiger partial charge in [0, 0.05) is 18.1 Å². The minimum absolute atomic E-state index is 0.146. The molecule has 6 heteroatoms. The molecule has 0 fully saturated rings. The maximum Gasteiger partial charge on any atom is 0.184 e. The van der Waals surface area contributed by atoms with E-state index in [1.807, 2.05) is 24.4 Å². The molecule has 2 heterocycles. The zero-order valence-corrected chi connectivity index (χ0v) is 11.4. The van der Waals surface area contributed by atoms with Crippen LogP contribution >= 0.6 is 11.3 Å². The van der Waals surface area contributed by atoms with Gasteiger partial charge >= 0.3 is 0 Å². The van der Waals surface area contributed by atoms with Crippen molar-refractivity contribution in [2.75, 3.05) is 11.1 Å². The van der Waals surface area contributed by atoms with E-state index in [0.717, 1.165) is 33.3 Å². The van der Waals surface area contributed by atoms with Crippen molar-refractivity contribution < 1.29 is 0 Å². The first-order valence-electron chi connectivity index (χ1n) is 6.18. The highest BCUT2D eigenvalue weighted by Crippen LogP contribution is 2.30. The van der Waals surface area contributed by atoms with E-state index in [9.17, 15) is 0 Å². The highest BCUT2D eigenvalue weighted by Gasteiger charge is 2.13. The maximum atomic E-state index is 5.78. The molecule has 19 heavy (non-hydrogen) atoms. The molecular formula is C13H15N5S. The Morgan fingerprint density at radius 3 is 3.11 bits per heavy atom. The fourth-order valence-electron chi connectivity index (χ4n) is 1.98. The van der Waals surface area contributed by atoms with Crippen molar-refractivity contribution in [3.05, 3.63) is 36.4 Å². The van der Waals surface area contributed by atoms with Gasteiger partial charge in [-0.15, -0.1) is 0 Å². The summed E-state index contributed by atoms with van der Waals surface area (Å²) in [6, 6.07) is 5.91. The number of nitrogens with zero attached hydrogens (tertiary/aromatic N) is 2. The number of thiazole rings is 1. The highest BCUT2D eigenvalue weighted by molar-refractivity contribution is 7.22. The number of fused-ring (bicyclic) bond motifs is 1. The average Bonchev–Trinajstić information content (AvgIpc) is 3.04. The van der Waals surface area contributed by atoms with Crippen LogP contribution in [-0.2, 0) is 0 Å². The lowest BCUT2D eigenvalue weighted by atomic mass is 10.2. The minimum Gasteiger partial charge on any atom is -0.399 e. The zero-order chi connectivity index (χ0) is 13.2. The van der Waals surface area contributed by atoms with Crippen molar-refractivity contribution in [1.29, 1.82) is 0 Å². The van der Waals surface area contributed by atoms with Crippen molar-refractivity contribution in [3.8, 4) is 0 Å². The number of benzene rings is 1. The number of rotatable bonds is 4. The number of nitrogens with one attached hydrogen (secondary N) is 2. The summed E-state index contributed by atoms with van der Waals surface area (Å²) >= 11 is 1.61. The molecule has 0 saturated heterocycles. The van der Waals surface area contributed by atoms with Crippen LogP contribution < -0.4 is 11.1 Å². The fraction of sp³-hybridized carbons (Fsp3) is 0.231. The third-order valence-corrected chi connectivity index (χ3v) is 3.92. The van der Waals surface area contributed by atoms with Crippen LogP contribution in [0.4, 0.5) is 10.8 Å². The summed E-state index contributed by atoms with van der Waals surface area (Å²) in [5, 5.41) is 4.31. The van der Waals surface area contributed by atoms with Crippen molar-refractivity contribution >= 4 is 32.4 Å². The van der Waals surface area contributed by atoms with E-state index < -0.39 is 0 Å². The molecule has 1 unspecified atom stereocenters. The predicted molar refractivity (Wildman–Crippen MR) is 79.3 cm³/mol. The molecule has 0 aliphatic carbocycles. The smallest absolute Gasteiger partial charge is 0.184 e. The number of hydrogen-bond acceptors (Lipinski definition) is 5. The Hall–Kier alpha value is -2.08. The molecule has 0 bridgehead atoms. The molecule has 98 valence electrons. The number of imidazole rings is 1. The van der Waals surface area contributed by atoms with E-state index >= 15 is 0 Å². The third-order valence-electron chi connectivity index (χ3n) is 2.97. The molecule has 4 N–H and O–H groups in total. The van der Waals surface area contributed by atoms with Crippen LogP contribution in [0.1, 0.15) is 25.2 Å². The second-order valence-electron chi connectivity index (χ2n) is 4.33. The van der Waals surface area contributed by atoms with Crippen LogP contribution in [0.2, 0.25) is 0 Å². The van der Waals surface area contributed by atoms with Crippen LogP contribution in [0.3, 0.4) is 0 Å². The summed E-state index contributed by atoms with van der Waals surface area (Å²) in [6.45, 7) is 2.12. The van der Waals surface area contributed by atoms with Gasteiger partial charge in [0.15, 0.2) is 5.13 Å². The number of aromatic amines is 1. The Bertz CT molecular complexity index is 673. The van der Waals surface area contributed by atoms with Crippen LogP contribution in [0.25, 0.3) is 10.2 Å². The number of hydrogen-bond donors (Lipinski definition) is 3. The molecule has 0 aliphatic heterocycles. The largest absolute Gasteiger partial charge is 0.399 e. The summed E-state index contributed by atoms with van der Waals surface area (Å²) in [6.07, 6.45) is 4.53. The molecular weight excluding hydrogens is 258 g/mol. The summed E-state index contributed by atoms with van der Waals surface area (Å²) in [4.78, 5) is 12.0. The van der Waals surface area contributed by atoms with Gasteiger partial charge in [0.1, 0.15) is 5.82 Å². The average molecular weight is 273 g/mol. The van der Waals surface area contributed by atoms with E-state index in [1.54, 1.807) is 17.5 Å². The topological polar surface area (TPSA) is 79.6 Å². The molecule has 0 aliphatic rings. The molecule has 1 aromatic carbocycles. The van der Waals surface area contributed by atoms with E-state index in [0.29, 0.717) is 0 Å². The second kappa shape index (κ2) is 4.89. The maximum absolute atomic E-state index is 5.78. The summed E-state index contributed by atoms with van der Waals surface area (Å²) < 4.78 is 1.09. The van der Waals surface area contributed by atoms with E-state index in [-0.39, 0.29) is 6.04 Å². The van der Waals surface area contributed by atoms with Gasteiger partial charge in [-0.2, -0.15) is 0 Å². The van der Waals surface area contributed by atoms with Gasteiger partial charge in [-0.25, -0.2) is 9.97 Å². The van der Waals surface area contributed by atoms with Gasteiger partial charge < -0.3 is 16.0 Å². The predicted octanol–water partition coefficient (Wildman–Crippen LogP) is 3.16. The highest BCUT2D eigenvalue weighted by atomic mass is 32.1. The Morgan fingerprint density at radius 2 is 2.37 bits per heavy atom. The molecule has 5 nitrogen and oxygen atoms in total. The second-order valence-corrected chi connectivity index (χ2v) is 5.36. The van der Waals surface area contributed by atoms with Gasteiger partial charge in [0.25, 0.3) is 0 Å². The van der Waals surface area contributed by atoms with E-state index in [1.165, 1.54) is 0 Å². The molecule has 2 aromatic heterocycles. The third kappa shape index (κ3) is 2.39. The van der Waals surface area contributed by atoms with Crippen LogP contribution in [0, 0.1) is 0 Å². The van der Waals surface area contributed by atoms with Gasteiger partial charge in [0.05, 0.1) is 16.3 Å². The van der Waals surface area contributed by atoms with Crippen LogP contribution in [0.5, 0.6) is 0 Å². The standard InChI is InChI=1S/C13H15N5S/c1-2-9(12-15-5-6-16-12)17-13-18-10-4-3-8(14)7-11(10)19-13/h3-7,9H,2,14H2,1H3,(H,15,16)(H,17,18). The Balaban J connectivity index is 1.88. The minimum atomic E-state index is 0.146. The fourth-order valence-corrected chi connectivity index (χ4v) is 2.95. The quantitative estimate of drug-likeness (QED) is 0.638. The van der Waals surface area contributed by atoms with Crippen molar-refractivity contribution in [2.45, 2.75) is 19.4 Å². The van der Waals surface area contributed by atoms with Gasteiger partial charge in [-0.1, -0.05) is 18.3 Å². The zero-order valence-electron chi connectivity index (χ0n) is 10.6. The number of anilines is 2. The number of nitrogens with two attached hydrogens (primary N) is 1. The van der Waals surface area contributed by atoms with Crippen molar-refractivity contribution in [2.24, 2.45) is 0 Å². The lowest BCUT2D eigenvalue weighted by Gasteiger charge is -2.13. The van der Waals surface area contributed by atoms with Crippen molar-refractivity contribution in [1.82, 2.24) is 15.0 Å². The summed E-state index contributed by atoms with van der Waals surface area (Å²) in [7, 11) is 0. The summed E-state index contributed by atoms with van der Waals surface area (Å²) in [5.74, 6) is 0.932. The van der Waals surface area contributed by atoms with E-state index in [2.05, 4.69) is 27.2 Å². The Kier molecular flexibility index (Phi) is 3.08. The molecule has 0 radical (unpaired) electrons. The Labute approximate surface area is 114 Å². The molecule has 0 amide bonds. The normalized spacial score (nSPS) is 12.7. The van der Waals surface area contributed by atoms with Crippen LogP contribution in [0.15, 0.2) is 30.6 Å². The lowest BCUT2D eigenvalue weighted by Crippen LogP contribution is -2.10. The van der Waals surface area contributed by atoms with Gasteiger partial charge in [-0.3, -0.25) is 0 Å². The van der Waals surface area contributed by atoms with E-state index in [4.69, 9.17) is 5.73 Å². The van der Waals surface area contributed by atoms with Gasteiger partial charge in [-0.05, 0) is 24.6 Å². The lowest BCUT2D eigenvalue weighted by molar-refractivity contribution is 0.703. The molecule has 0 spiro atoms. The molecule has 1 atom stereocenters. The molecule has 0 saturated carbocycles. The SMILES string of the molecule is CCC(Nc1nc2ccc(N)cc2s1)c1ncc[nH]1. The Morgan fingerprint density at radius 1 is 1.47 bits per heavy atom. The number of nitrogen functional groups attached to an aromatic ring is 1. The van der Waals surface area contributed by atoms with Crippen LogP contribution in [-0.4, -0.2) is 15.0 Å². The molecule has 3 rings (SSSR count). The summed E-state index contributed by atoms with van der Waals surface area (Å²) in [5.41, 5.74) is 7.51. The first-order valence-corrected chi connectivity index (χ1v) is 7.00. The first-order chi connectivity index (χ1) is 9.26.